The molecule has 6 nitrogen and oxygen atoms in total. The number of nitro groups is 1. The van der Waals surface area contributed by atoms with Crippen molar-refractivity contribution >= 4 is 12.0 Å². The minimum atomic E-state index is -0.961. The minimum Gasteiger partial charge on any atom is -0.502 e. The lowest BCUT2D eigenvalue weighted by Gasteiger charge is -1.99. The zero-order chi connectivity index (χ0) is 10.0. The van der Waals surface area contributed by atoms with E-state index in [9.17, 15) is 14.9 Å². The fourth-order valence-corrected chi connectivity index (χ4v) is 0.860. The molecule has 0 unspecified atom stereocenters. The summed E-state index contributed by atoms with van der Waals surface area (Å²) in [5.41, 5.74) is -1.09. The Hall–Kier alpha value is -2.11. The number of rotatable bonds is 2. The first kappa shape index (κ1) is 8.98. The molecule has 0 aromatic heterocycles. The molecule has 6 heteroatoms. The summed E-state index contributed by atoms with van der Waals surface area (Å²) < 4.78 is 0. The van der Waals surface area contributed by atoms with Gasteiger partial charge in [0.2, 0.25) is 5.75 Å². The second-order valence-electron chi connectivity index (χ2n) is 2.25. The van der Waals surface area contributed by atoms with Crippen LogP contribution in [0, 0.1) is 10.1 Å². The van der Waals surface area contributed by atoms with Gasteiger partial charge in [-0.15, -0.1) is 0 Å². The topological polar surface area (TPSA) is 101 Å². The SMILES string of the molecule is O=Cc1ccc(O)c([N+](=O)[O-])c1O. The molecule has 0 atom stereocenters. The molecule has 0 aliphatic rings. The van der Waals surface area contributed by atoms with Gasteiger partial charge in [-0.3, -0.25) is 14.9 Å². The number of benzene rings is 1. The van der Waals surface area contributed by atoms with Gasteiger partial charge in [0.25, 0.3) is 0 Å². The van der Waals surface area contributed by atoms with E-state index in [4.69, 9.17) is 10.2 Å². The summed E-state index contributed by atoms with van der Waals surface area (Å²) in [6, 6.07) is 2.06. The first-order chi connectivity index (χ1) is 6.07. The minimum absolute atomic E-state index is 0.232. The number of nitrogens with zero attached hydrogens (tertiary/aromatic N) is 1. The van der Waals surface area contributed by atoms with Crippen LogP contribution < -0.4 is 0 Å². The van der Waals surface area contributed by atoms with Crippen LogP contribution in [0.25, 0.3) is 0 Å². The van der Waals surface area contributed by atoms with E-state index < -0.39 is 22.1 Å². The largest absolute Gasteiger partial charge is 0.502 e. The molecule has 1 rings (SSSR count). The fraction of sp³-hybridized carbons (Fsp3) is 0. The lowest BCUT2D eigenvalue weighted by atomic mass is 10.2. The molecular formula is C7H5NO5. The number of carbonyl (C=O) groups excluding carboxylic acids is 1. The number of phenols is 2. The van der Waals surface area contributed by atoms with Gasteiger partial charge < -0.3 is 10.2 Å². The predicted molar refractivity (Wildman–Crippen MR) is 41.8 cm³/mol. The first-order valence-corrected chi connectivity index (χ1v) is 3.22. The number of hydrogen-bond acceptors (Lipinski definition) is 5. The number of phenolic OH excluding ortho intramolecular Hbond substituents is 2. The van der Waals surface area contributed by atoms with Crippen molar-refractivity contribution in [3.63, 3.8) is 0 Å². The van der Waals surface area contributed by atoms with Gasteiger partial charge >= 0.3 is 5.69 Å². The monoisotopic (exact) mass is 183 g/mol. The van der Waals surface area contributed by atoms with Gasteiger partial charge in [-0.05, 0) is 12.1 Å². The van der Waals surface area contributed by atoms with Gasteiger partial charge in [-0.25, -0.2) is 0 Å². The maximum atomic E-state index is 10.3. The highest BCUT2D eigenvalue weighted by Gasteiger charge is 2.22. The van der Waals surface area contributed by atoms with Gasteiger partial charge in [0.15, 0.2) is 12.0 Å². The molecule has 0 amide bonds. The van der Waals surface area contributed by atoms with E-state index in [1.807, 2.05) is 0 Å². The van der Waals surface area contributed by atoms with Crippen LogP contribution in [-0.2, 0) is 0 Å². The van der Waals surface area contributed by atoms with Crippen LogP contribution in [-0.4, -0.2) is 21.4 Å². The third-order valence-corrected chi connectivity index (χ3v) is 1.47. The number of hydrogen-bond donors (Lipinski definition) is 2. The molecule has 0 aliphatic carbocycles. The summed E-state index contributed by atoms with van der Waals surface area (Å²) in [5, 5.41) is 28.4. The lowest BCUT2D eigenvalue weighted by Crippen LogP contribution is -1.92. The zero-order valence-corrected chi connectivity index (χ0v) is 6.30. The first-order valence-electron chi connectivity index (χ1n) is 3.22. The van der Waals surface area contributed by atoms with Crippen molar-refractivity contribution in [3.05, 3.63) is 27.8 Å². The van der Waals surface area contributed by atoms with Crippen molar-refractivity contribution in [1.29, 1.82) is 0 Å². The third kappa shape index (κ3) is 1.41. The summed E-state index contributed by atoms with van der Waals surface area (Å²) in [4.78, 5) is 19.6. The lowest BCUT2D eigenvalue weighted by molar-refractivity contribution is -0.386. The van der Waals surface area contributed by atoms with Crippen LogP contribution in [0.15, 0.2) is 12.1 Å². The van der Waals surface area contributed by atoms with Crippen LogP contribution in [0.3, 0.4) is 0 Å². The maximum Gasteiger partial charge on any atom is 0.352 e. The average Bonchev–Trinajstić information content (AvgIpc) is 2.04. The Labute approximate surface area is 72.2 Å². The van der Waals surface area contributed by atoms with E-state index in [2.05, 4.69) is 0 Å². The smallest absolute Gasteiger partial charge is 0.352 e. The molecule has 0 fully saturated rings. The van der Waals surface area contributed by atoms with Crippen LogP contribution in [0.5, 0.6) is 11.5 Å². The molecule has 0 radical (unpaired) electrons. The second kappa shape index (κ2) is 3.10. The number of aromatic hydroxyl groups is 2. The highest BCUT2D eigenvalue weighted by Crippen LogP contribution is 2.36. The van der Waals surface area contributed by atoms with Crippen molar-refractivity contribution in [2.24, 2.45) is 0 Å². The molecule has 0 aliphatic heterocycles. The molecule has 1 aromatic carbocycles. The molecule has 68 valence electrons. The Bertz CT molecular complexity index is 373. The molecular weight excluding hydrogens is 178 g/mol. The molecule has 0 saturated heterocycles. The van der Waals surface area contributed by atoms with Gasteiger partial charge in [0.05, 0.1) is 10.5 Å². The normalized spacial score (nSPS) is 9.54. The van der Waals surface area contributed by atoms with Crippen LogP contribution in [0.1, 0.15) is 10.4 Å². The van der Waals surface area contributed by atoms with Gasteiger partial charge in [-0.1, -0.05) is 0 Å². The van der Waals surface area contributed by atoms with Gasteiger partial charge in [0.1, 0.15) is 0 Å². The fourth-order valence-electron chi connectivity index (χ4n) is 0.860. The Morgan fingerprint density at radius 1 is 1.38 bits per heavy atom. The van der Waals surface area contributed by atoms with E-state index in [-0.39, 0.29) is 11.8 Å². The number of nitro benzene ring substituents is 1. The average molecular weight is 183 g/mol. The highest BCUT2D eigenvalue weighted by atomic mass is 16.6. The van der Waals surface area contributed by atoms with Gasteiger partial charge in [-0.2, -0.15) is 0 Å². The van der Waals surface area contributed by atoms with E-state index in [1.54, 1.807) is 0 Å². The van der Waals surface area contributed by atoms with Crippen molar-refractivity contribution in [3.8, 4) is 11.5 Å². The molecule has 0 spiro atoms. The summed E-state index contributed by atoms with van der Waals surface area (Å²) >= 11 is 0. The summed E-state index contributed by atoms with van der Waals surface area (Å²) in [6.07, 6.45) is 0.266. The molecule has 13 heavy (non-hydrogen) atoms. The summed E-state index contributed by atoms with van der Waals surface area (Å²) in [5.74, 6) is -1.49. The van der Waals surface area contributed by atoms with E-state index in [0.717, 1.165) is 12.1 Å². The van der Waals surface area contributed by atoms with Crippen LogP contribution in [0.2, 0.25) is 0 Å². The van der Waals surface area contributed by atoms with Crippen molar-refractivity contribution in [1.82, 2.24) is 0 Å². The Morgan fingerprint density at radius 2 is 2.00 bits per heavy atom. The molecule has 2 N–H and O–H groups in total. The summed E-state index contributed by atoms with van der Waals surface area (Å²) in [6.45, 7) is 0. The van der Waals surface area contributed by atoms with Crippen LogP contribution in [0.4, 0.5) is 5.69 Å². The second-order valence-corrected chi connectivity index (χ2v) is 2.25. The third-order valence-electron chi connectivity index (χ3n) is 1.47. The molecule has 0 saturated carbocycles. The van der Waals surface area contributed by atoms with E-state index in [1.165, 1.54) is 0 Å². The van der Waals surface area contributed by atoms with E-state index in [0.29, 0.717) is 0 Å². The van der Waals surface area contributed by atoms with E-state index >= 15 is 0 Å². The number of carbonyl (C=O) groups is 1. The van der Waals surface area contributed by atoms with Crippen molar-refractivity contribution < 1.29 is 19.9 Å². The quantitative estimate of drug-likeness (QED) is 0.401. The predicted octanol–water partition coefficient (Wildman–Crippen LogP) is 0.818. The standard InChI is InChI=1S/C7H5NO5/c9-3-4-1-2-5(10)6(7(4)11)8(12)13/h1-3,10-11H. The molecule has 0 bridgehead atoms. The molecule has 0 heterocycles. The zero-order valence-electron chi connectivity index (χ0n) is 6.30. The molecule has 1 aromatic rings. The Kier molecular flexibility index (Phi) is 2.14. The summed E-state index contributed by atoms with van der Waals surface area (Å²) in [7, 11) is 0. The van der Waals surface area contributed by atoms with Crippen molar-refractivity contribution in [2.45, 2.75) is 0 Å². The Balaban J connectivity index is 3.47. The maximum absolute atomic E-state index is 10.3. The Morgan fingerprint density at radius 3 is 2.46 bits per heavy atom. The van der Waals surface area contributed by atoms with Crippen LogP contribution >= 0.6 is 0 Å². The van der Waals surface area contributed by atoms with Gasteiger partial charge in [0, 0.05) is 0 Å². The van der Waals surface area contributed by atoms with Crippen molar-refractivity contribution in [2.75, 3.05) is 0 Å². The number of aldehydes is 1. The highest BCUT2D eigenvalue weighted by molar-refractivity contribution is 5.83.